The second-order valence-electron chi connectivity index (χ2n) is 7.11. The molecule has 2 heteroatoms. The Morgan fingerprint density at radius 1 is 0.524 bits per heavy atom. The number of unbranched alkanes of at least 4 members (excludes halogenated alkanes) is 8. The largest absolute Gasteiger partial charge is 0.396 e. The second-order valence-corrected chi connectivity index (χ2v) is 7.11. The van der Waals surface area contributed by atoms with Crippen molar-refractivity contribution in [2.45, 2.75) is 96.3 Å². The predicted molar refractivity (Wildman–Crippen MR) is 90.4 cm³/mol. The zero-order chi connectivity index (χ0) is 15.2. The molecule has 0 aromatic carbocycles. The van der Waals surface area contributed by atoms with Crippen LogP contribution in [0.1, 0.15) is 96.3 Å². The fourth-order valence-electron chi connectivity index (χ4n) is 3.85. The standard InChI is InChI=1S/C19H38O2/c20-15-9-5-1-3-7-11-18-13-14-19(17-18)12-8-4-2-6-10-16-21/h18-21H,1-17H2. The van der Waals surface area contributed by atoms with Crippen molar-refractivity contribution in [3.8, 4) is 0 Å². The van der Waals surface area contributed by atoms with E-state index in [1.165, 1.54) is 83.5 Å². The summed E-state index contributed by atoms with van der Waals surface area (Å²) >= 11 is 0. The van der Waals surface area contributed by atoms with Crippen LogP contribution in [-0.4, -0.2) is 23.4 Å². The van der Waals surface area contributed by atoms with Gasteiger partial charge in [0, 0.05) is 13.2 Å². The molecule has 2 nitrogen and oxygen atoms in total. The van der Waals surface area contributed by atoms with Gasteiger partial charge >= 0.3 is 0 Å². The van der Waals surface area contributed by atoms with Gasteiger partial charge < -0.3 is 10.2 Å². The molecule has 0 saturated heterocycles. The maximum atomic E-state index is 8.74. The summed E-state index contributed by atoms with van der Waals surface area (Å²) < 4.78 is 0. The predicted octanol–water partition coefficient (Wildman–Crippen LogP) is 5.07. The van der Waals surface area contributed by atoms with Crippen LogP contribution >= 0.6 is 0 Å². The van der Waals surface area contributed by atoms with Crippen LogP contribution in [0.2, 0.25) is 0 Å². The van der Waals surface area contributed by atoms with Crippen molar-refractivity contribution >= 4 is 0 Å². The molecule has 0 radical (unpaired) electrons. The molecule has 1 aliphatic rings. The van der Waals surface area contributed by atoms with Crippen LogP contribution in [-0.2, 0) is 0 Å². The summed E-state index contributed by atoms with van der Waals surface area (Å²) in [5.74, 6) is 2.03. The molecule has 0 bridgehead atoms. The molecule has 1 aliphatic carbocycles. The topological polar surface area (TPSA) is 40.5 Å². The van der Waals surface area contributed by atoms with Gasteiger partial charge in [0.1, 0.15) is 0 Å². The molecule has 1 rings (SSSR count). The highest BCUT2D eigenvalue weighted by molar-refractivity contribution is 4.75. The third kappa shape index (κ3) is 10.3. The molecule has 0 spiro atoms. The SMILES string of the molecule is OCCCCCCCC1CCC(CCCCCCCO)C1. The van der Waals surface area contributed by atoms with Gasteiger partial charge in [-0.25, -0.2) is 0 Å². The van der Waals surface area contributed by atoms with Gasteiger partial charge in [-0.3, -0.25) is 0 Å². The minimum absolute atomic E-state index is 0.365. The lowest BCUT2D eigenvalue weighted by Crippen LogP contribution is -1.97. The van der Waals surface area contributed by atoms with E-state index in [0.29, 0.717) is 13.2 Å². The highest BCUT2D eigenvalue weighted by Crippen LogP contribution is 2.37. The summed E-state index contributed by atoms with van der Waals surface area (Å²) in [5, 5.41) is 17.5. The Morgan fingerprint density at radius 3 is 1.33 bits per heavy atom. The van der Waals surface area contributed by atoms with Crippen molar-refractivity contribution in [2.75, 3.05) is 13.2 Å². The fraction of sp³-hybridized carbons (Fsp3) is 1.00. The van der Waals surface area contributed by atoms with E-state index in [2.05, 4.69) is 0 Å². The van der Waals surface area contributed by atoms with Crippen molar-refractivity contribution in [3.63, 3.8) is 0 Å². The monoisotopic (exact) mass is 298 g/mol. The van der Waals surface area contributed by atoms with Gasteiger partial charge in [-0.05, 0) is 31.1 Å². The Bertz CT molecular complexity index is 196. The summed E-state index contributed by atoms with van der Waals surface area (Å²) in [4.78, 5) is 0. The number of hydrogen-bond donors (Lipinski definition) is 2. The molecule has 0 amide bonds. The van der Waals surface area contributed by atoms with Crippen LogP contribution in [0.15, 0.2) is 0 Å². The van der Waals surface area contributed by atoms with Crippen molar-refractivity contribution in [1.29, 1.82) is 0 Å². The van der Waals surface area contributed by atoms with Gasteiger partial charge in [0.15, 0.2) is 0 Å². The lowest BCUT2D eigenvalue weighted by atomic mass is 9.95. The van der Waals surface area contributed by atoms with E-state index in [9.17, 15) is 0 Å². The van der Waals surface area contributed by atoms with Gasteiger partial charge in [-0.15, -0.1) is 0 Å². The molecule has 2 unspecified atom stereocenters. The summed E-state index contributed by atoms with van der Waals surface area (Å²) in [7, 11) is 0. The smallest absolute Gasteiger partial charge is 0.0431 e. The number of hydrogen-bond acceptors (Lipinski definition) is 2. The molecular weight excluding hydrogens is 260 g/mol. The first-order chi connectivity index (χ1) is 10.4. The van der Waals surface area contributed by atoms with Crippen LogP contribution in [0, 0.1) is 11.8 Å². The summed E-state index contributed by atoms with van der Waals surface area (Å²) in [6, 6.07) is 0. The van der Waals surface area contributed by atoms with Gasteiger partial charge in [0.2, 0.25) is 0 Å². The lowest BCUT2D eigenvalue weighted by molar-refractivity contribution is 0.282. The van der Waals surface area contributed by atoms with Gasteiger partial charge in [0.05, 0.1) is 0 Å². The maximum Gasteiger partial charge on any atom is 0.0431 e. The van der Waals surface area contributed by atoms with Gasteiger partial charge in [0.25, 0.3) is 0 Å². The first-order valence-electron chi connectivity index (χ1n) is 9.58. The highest BCUT2D eigenvalue weighted by atomic mass is 16.3. The fourth-order valence-corrected chi connectivity index (χ4v) is 3.85. The molecular formula is C19H38O2. The van der Waals surface area contributed by atoms with Gasteiger partial charge in [-0.1, -0.05) is 77.0 Å². The quantitative estimate of drug-likeness (QED) is 0.440. The minimum Gasteiger partial charge on any atom is -0.396 e. The Balaban J connectivity index is 1.88. The van der Waals surface area contributed by atoms with Crippen LogP contribution in [0.25, 0.3) is 0 Å². The van der Waals surface area contributed by atoms with Crippen molar-refractivity contribution in [2.24, 2.45) is 11.8 Å². The van der Waals surface area contributed by atoms with Gasteiger partial charge in [-0.2, -0.15) is 0 Å². The molecule has 21 heavy (non-hydrogen) atoms. The van der Waals surface area contributed by atoms with E-state index in [1.807, 2.05) is 0 Å². The molecule has 2 atom stereocenters. The Kier molecular flexibility index (Phi) is 12.3. The molecule has 0 aliphatic heterocycles. The second kappa shape index (κ2) is 13.6. The first kappa shape index (κ1) is 19.0. The van der Waals surface area contributed by atoms with Crippen molar-refractivity contribution < 1.29 is 10.2 Å². The van der Waals surface area contributed by atoms with E-state index in [-0.39, 0.29) is 0 Å². The summed E-state index contributed by atoms with van der Waals surface area (Å²) in [6.07, 6.45) is 19.9. The van der Waals surface area contributed by atoms with Crippen LogP contribution in [0.4, 0.5) is 0 Å². The van der Waals surface area contributed by atoms with E-state index in [1.54, 1.807) is 0 Å². The third-order valence-corrected chi connectivity index (χ3v) is 5.19. The molecule has 0 aromatic heterocycles. The molecule has 1 fully saturated rings. The molecule has 1 saturated carbocycles. The molecule has 0 heterocycles. The third-order valence-electron chi connectivity index (χ3n) is 5.19. The van der Waals surface area contributed by atoms with E-state index >= 15 is 0 Å². The van der Waals surface area contributed by atoms with E-state index in [4.69, 9.17) is 10.2 Å². The maximum absolute atomic E-state index is 8.74. The average molecular weight is 299 g/mol. The molecule has 2 N–H and O–H groups in total. The highest BCUT2D eigenvalue weighted by Gasteiger charge is 2.23. The lowest BCUT2D eigenvalue weighted by Gasteiger charge is -2.11. The average Bonchev–Trinajstić information content (AvgIpc) is 2.94. The zero-order valence-electron chi connectivity index (χ0n) is 14.1. The summed E-state index contributed by atoms with van der Waals surface area (Å²) in [6.45, 7) is 0.731. The first-order valence-corrected chi connectivity index (χ1v) is 9.58. The molecule has 126 valence electrons. The van der Waals surface area contributed by atoms with Crippen LogP contribution < -0.4 is 0 Å². The van der Waals surface area contributed by atoms with Crippen LogP contribution in [0.5, 0.6) is 0 Å². The van der Waals surface area contributed by atoms with E-state index in [0.717, 1.165) is 24.7 Å². The van der Waals surface area contributed by atoms with Crippen molar-refractivity contribution in [1.82, 2.24) is 0 Å². The number of aliphatic hydroxyl groups excluding tert-OH is 2. The number of rotatable bonds is 14. The van der Waals surface area contributed by atoms with Crippen molar-refractivity contribution in [3.05, 3.63) is 0 Å². The zero-order valence-corrected chi connectivity index (χ0v) is 14.1. The Hall–Kier alpha value is -0.0800. The minimum atomic E-state index is 0.365. The Labute approximate surface area is 132 Å². The Morgan fingerprint density at radius 2 is 0.905 bits per heavy atom. The molecule has 0 aromatic rings. The van der Waals surface area contributed by atoms with Crippen LogP contribution in [0.3, 0.4) is 0 Å². The normalized spacial score (nSPS) is 22.0. The van der Waals surface area contributed by atoms with E-state index < -0.39 is 0 Å². The number of aliphatic hydroxyl groups is 2. The summed E-state index contributed by atoms with van der Waals surface area (Å²) in [5.41, 5.74) is 0.